The number of fused-ring (bicyclic) bond motifs is 1. The molecule has 1 aromatic heterocycles. The van der Waals surface area contributed by atoms with Crippen LogP contribution in [0.25, 0.3) is 10.9 Å². The second-order valence-electron chi connectivity index (χ2n) is 7.11. The lowest BCUT2D eigenvalue weighted by Crippen LogP contribution is -2.41. The second-order valence-corrected chi connectivity index (χ2v) is 7.11. The van der Waals surface area contributed by atoms with Gasteiger partial charge in [0.2, 0.25) is 5.95 Å². The predicted molar refractivity (Wildman–Crippen MR) is 108 cm³/mol. The molecule has 0 saturated carbocycles. The van der Waals surface area contributed by atoms with Crippen molar-refractivity contribution in [2.24, 2.45) is 0 Å². The van der Waals surface area contributed by atoms with Crippen LogP contribution in [-0.4, -0.2) is 48.1 Å². The summed E-state index contributed by atoms with van der Waals surface area (Å²) in [6.07, 6.45) is 4.30. The van der Waals surface area contributed by atoms with E-state index < -0.39 is 0 Å². The highest BCUT2D eigenvalue weighted by Gasteiger charge is 2.20. The van der Waals surface area contributed by atoms with E-state index in [-0.39, 0.29) is 0 Å². The van der Waals surface area contributed by atoms with Gasteiger partial charge in [-0.15, -0.1) is 0 Å². The van der Waals surface area contributed by atoms with Gasteiger partial charge >= 0.3 is 0 Å². The molecule has 0 spiro atoms. The van der Waals surface area contributed by atoms with E-state index in [1.54, 1.807) is 0 Å². The Balaban J connectivity index is 1.42. The van der Waals surface area contributed by atoms with Crippen LogP contribution in [0.1, 0.15) is 12.8 Å². The lowest BCUT2D eigenvalue weighted by Gasteiger charge is -2.36. The van der Waals surface area contributed by atoms with Gasteiger partial charge in [-0.25, -0.2) is 9.97 Å². The second kappa shape index (κ2) is 7.30. The largest absolute Gasteiger partial charge is 0.371 e. The van der Waals surface area contributed by atoms with Gasteiger partial charge in [-0.1, -0.05) is 18.2 Å². The molecule has 1 aliphatic rings. The summed E-state index contributed by atoms with van der Waals surface area (Å²) in [5.41, 5.74) is 3.24. The number of rotatable bonds is 4. The summed E-state index contributed by atoms with van der Waals surface area (Å²) in [5.74, 6) is 0.628. The van der Waals surface area contributed by atoms with Gasteiger partial charge in [-0.3, -0.25) is 0 Å². The fraction of sp³-hybridized carbons (Fsp3) is 0.333. The first-order chi connectivity index (χ1) is 12.7. The third-order valence-corrected chi connectivity index (χ3v) is 5.17. The van der Waals surface area contributed by atoms with Crippen LogP contribution in [-0.2, 0) is 0 Å². The van der Waals surface area contributed by atoms with E-state index in [9.17, 15) is 0 Å². The van der Waals surface area contributed by atoms with Gasteiger partial charge < -0.3 is 15.1 Å². The van der Waals surface area contributed by atoms with E-state index in [0.29, 0.717) is 12.0 Å². The Hall–Kier alpha value is -2.66. The molecule has 1 N–H and O–H groups in total. The summed E-state index contributed by atoms with van der Waals surface area (Å²) >= 11 is 0. The summed E-state index contributed by atoms with van der Waals surface area (Å²) in [4.78, 5) is 13.8. The maximum atomic E-state index is 4.57. The highest BCUT2D eigenvalue weighted by molar-refractivity contribution is 5.78. The SMILES string of the molecule is CN(C)C1CCN(c2ccc(Nc3ncc4ccccc4n3)cc2)CC1. The summed E-state index contributed by atoms with van der Waals surface area (Å²) in [6, 6.07) is 17.3. The lowest BCUT2D eigenvalue weighted by atomic mass is 10.0. The predicted octanol–water partition coefficient (Wildman–Crippen LogP) is 3.90. The fourth-order valence-electron chi connectivity index (χ4n) is 3.56. The van der Waals surface area contributed by atoms with E-state index in [1.807, 2.05) is 30.5 Å². The lowest BCUT2D eigenvalue weighted by molar-refractivity contribution is 0.249. The third-order valence-electron chi connectivity index (χ3n) is 5.17. The number of anilines is 3. The first-order valence-corrected chi connectivity index (χ1v) is 9.19. The zero-order valence-electron chi connectivity index (χ0n) is 15.4. The van der Waals surface area contributed by atoms with Gasteiger partial charge in [0.1, 0.15) is 0 Å². The Bertz CT molecular complexity index is 867. The Kier molecular flexibility index (Phi) is 4.71. The molecule has 0 radical (unpaired) electrons. The molecule has 1 fully saturated rings. The van der Waals surface area contributed by atoms with Crippen molar-refractivity contribution in [3.63, 3.8) is 0 Å². The van der Waals surface area contributed by atoms with Crippen LogP contribution in [0.3, 0.4) is 0 Å². The van der Waals surface area contributed by atoms with Crippen molar-refractivity contribution >= 4 is 28.2 Å². The fourth-order valence-corrected chi connectivity index (χ4v) is 3.56. The molecular weight excluding hydrogens is 322 g/mol. The van der Waals surface area contributed by atoms with Gasteiger partial charge in [0.25, 0.3) is 0 Å². The molecule has 0 bridgehead atoms. The third kappa shape index (κ3) is 3.63. The number of hydrogen-bond acceptors (Lipinski definition) is 5. The molecule has 2 aromatic carbocycles. The number of piperidine rings is 1. The number of para-hydroxylation sites is 1. The molecule has 5 nitrogen and oxygen atoms in total. The number of nitrogens with one attached hydrogen (secondary N) is 1. The van der Waals surface area contributed by atoms with Gasteiger partial charge in [0.15, 0.2) is 0 Å². The van der Waals surface area contributed by atoms with Crippen molar-refractivity contribution in [2.75, 3.05) is 37.4 Å². The van der Waals surface area contributed by atoms with Crippen molar-refractivity contribution in [1.29, 1.82) is 0 Å². The minimum absolute atomic E-state index is 0.628. The minimum atomic E-state index is 0.628. The molecule has 1 aliphatic heterocycles. The summed E-state index contributed by atoms with van der Waals surface area (Å²) in [6.45, 7) is 2.23. The number of aromatic nitrogens is 2. The van der Waals surface area contributed by atoms with Crippen LogP contribution < -0.4 is 10.2 Å². The average Bonchev–Trinajstić information content (AvgIpc) is 2.68. The molecule has 2 heterocycles. The average molecular weight is 347 g/mol. The molecule has 4 rings (SSSR count). The molecular formula is C21H25N5. The maximum Gasteiger partial charge on any atom is 0.227 e. The van der Waals surface area contributed by atoms with Crippen molar-refractivity contribution in [2.45, 2.75) is 18.9 Å². The quantitative estimate of drug-likeness (QED) is 0.775. The molecule has 0 aliphatic carbocycles. The van der Waals surface area contributed by atoms with Crippen LogP contribution in [0.4, 0.5) is 17.3 Å². The van der Waals surface area contributed by atoms with Gasteiger partial charge in [0, 0.05) is 42.1 Å². The van der Waals surface area contributed by atoms with E-state index >= 15 is 0 Å². The van der Waals surface area contributed by atoms with Crippen LogP contribution in [0.5, 0.6) is 0 Å². The number of hydrogen-bond donors (Lipinski definition) is 1. The highest BCUT2D eigenvalue weighted by Crippen LogP contribution is 2.24. The van der Waals surface area contributed by atoms with Crippen molar-refractivity contribution in [3.05, 3.63) is 54.7 Å². The Labute approximate surface area is 154 Å². The number of nitrogens with zero attached hydrogens (tertiary/aromatic N) is 4. The normalized spacial score (nSPS) is 15.6. The Morgan fingerprint density at radius 3 is 2.46 bits per heavy atom. The number of benzene rings is 2. The molecule has 134 valence electrons. The maximum absolute atomic E-state index is 4.57. The minimum Gasteiger partial charge on any atom is -0.371 e. The van der Waals surface area contributed by atoms with Gasteiger partial charge in [0.05, 0.1) is 5.52 Å². The summed E-state index contributed by atoms with van der Waals surface area (Å²) in [7, 11) is 4.35. The van der Waals surface area contributed by atoms with Crippen LogP contribution in [0.15, 0.2) is 54.7 Å². The van der Waals surface area contributed by atoms with Crippen molar-refractivity contribution in [1.82, 2.24) is 14.9 Å². The molecule has 1 saturated heterocycles. The van der Waals surface area contributed by atoms with E-state index in [1.165, 1.54) is 18.5 Å². The van der Waals surface area contributed by atoms with E-state index in [0.717, 1.165) is 29.7 Å². The van der Waals surface area contributed by atoms with Crippen molar-refractivity contribution in [3.8, 4) is 0 Å². The summed E-state index contributed by atoms with van der Waals surface area (Å²) in [5, 5.41) is 4.35. The summed E-state index contributed by atoms with van der Waals surface area (Å²) < 4.78 is 0. The molecule has 0 unspecified atom stereocenters. The van der Waals surface area contributed by atoms with Crippen LogP contribution >= 0.6 is 0 Å². The van der Waals surface area contributed by atoms with Crippen molar-refractivity contribution < 1.29 is 0 Å². The zero-order valence-corrected chi connectivity index (χ0v) is 15.4. The molecule has 0 amide bonds. The Morgan fingerprint density at radius 1 is 1.00 bits per heavy atom. The molecule has 26 heavy (non-hydrogen) atoms. The first kappa shape index (κ1) is 16.8. The smallest absolute Gasteiger partial charge is 0.227 e. The van der Waals surface area contributed by atoms with Crippen LogP contribution in [0, 0.1) is 0 Å². The van der Waals surface area contributed by atoms with E-state index in [4.69, 9.17) is 0 Å². The topological polar surface area (TPSA) is 44.3 Å². The zero-order chi connectivity index (χ0) is 17.9. The molecule has 5 heteroatoms. The first-order valence-electron chi connectivity index (χ1n) is 9.19. The van der Waals surface area contributed by atoms with E-state index in [2.05, 4.69) is 63.4 Å². The molecule has 3 aromatic rings. The highest BCUT2D eigenvalue weighted by atomic mass is 15.2. The molecule has 0 atom stereocenters. The monoisotopic (exact) mass is 347 g/mol. The van der Waals surface area contributed by atoms with Gasteiger partial charge in [-0.2, -0.15) is 0 Å². The standard InChI is InChI=1S/C21H25N5/c1-25(2)18-11-13-26(14-12-18)19-9-7-17(8-10-19)23-21-22-15-16-5-3-4-6-20(16)24-21/h3-10,15,18H,11-14H2,1-2H3,(H,22,23,24). The van der Waals surface area contributed by atoms with Crippen LogP contribution in [0.2, 0.25) is 0 Å². The van der Waals surface area contributed by atoms with Gasteiger partial charge in [-0.05, 0) is 57.3 Å². The Morgan fingerprint density at radius 2 is 1.73 bits per heavy atom.